The molecule has 3 fully saturated rings. The Labute approximate surface area is 733 Å². The van der Waals surface area contributed by atoms with Crippen LogP contribution in [-0.2, 0) is 176 Å². The fourth-order valence-corrected chi connectivity index (χ4v) is 12.8. The number of carboxylic acids is 1. The van der Waals surface area contributed by atoms with Crippen molar-refractivity contribution in [3.05, 3.63) is 0 Å². The predicted octanol–water partition coefficient (Wildman–Crippen LogP) is -0.570. The average Bonchev–Trinajstić information content (AvgIpc) is 0.797. The lowest BCUT2D eigenvalue weighted by Gasteiger charge is -2.44. The van der Waals surface area contributed by atoms with E-state index in [0.29, 0.717) is 12.8 Å². The number of carbonyl (C=O) groups is 15. The highest BCUT2D eigenvalue weighted by molar-refractivity contribution is 5.78. The van der Waals surface area contributed by atoms with E-state index in [1.54, 1.807) is 0 Å². The highest BCUT2D eigenvalue weighted by Gasteiger charge is 2.52. The van der Waals surface area contributed by atoms with Crippen molar-refractivity contribution in [2.45, 2.75) is 251 Å². The van der Waals surface area contributed by atoms with Crippen LogP contribution in [0.5, 0.6) is 0 Å². The summed E-state index contributed by atoms with van der Waals surface area (Å²) in [5.41, 5.74) is -1.44. The van der Waals surface area contributed by atoms with Crippen LogP contribution < -0.4 is 37.2 Å². The second-order valence-electron chi connectivity index (χ2n) is 29.6. The molecule has 3 heterocycles. The van der Waals surface area contributed by atoms with Gasteiger partial charge in [0, 0.05) is 134 Å². The number of hydrogen-bond donors (Lipinski definition) is 8. The van der Waals surface area contributed by atoms with Crippen LogP contribution in [0.1, 0.15) is 166 Å². The van der Waals surface area contributed by atoms with Crippen LogP contribution in [0, 0.1) is 0 Å². The quantitative estimate of drug-likeness (QED) is 0.0215. The number of aliphatic carboxylic acids is 1. The SMILES string of the molecule is CC(=O)NC1C(OC(C)=O)CC(COC(C)=O)OC1OCCOCCOCCNC(=O)CCOCC(COCCC(=O)NCCOCCOCCOC1OC(COC(C)=O)CC(OC(C)=O)C1NC(C)=O)(COCCC(=O)NCCOCCOCCOC1OC(COC(C)=O)C(OC(C)=O)C(OC(C)=O)C1NC(C)=O)NC(=O)CCCCCCCCCCC(=O)O. The van der Waals surface area contributed by atoms with E-state index in [-0.39, 0.29) is 222 Å². The summed E-state index contributed by atoms with van der Waals surface area (Å²) in [4.78, 5) is 184. The van der Waals surface area contributed by atoms with Crippen molar-refractivity contribution in [1.29, 1.82) is 0 Å². The lowest BCUT2D eigenvalue weighted by Crippen LogP contribution is -2.66. The van der Waals surface area contributed by atoms with E-state index in [1.807, 2.05) is 0 Å². The summed E-state index contributed by atoms with van der Waals surface area (Å²) >= 11 is 0. The molecule has 3 rings (SSSR count). The molecule has 0 aromatic heterocycles. The zero-order valence-electron chi connectivity index (χ0n) is 74.3. The minimum absolute atomic E-state index is 0.00839. The van der Waals surface area contributed by atoms with Gasteiger partial charge in [-0.2, -0.15) is 0 Å². The van der Waals surface area contributed by atoms with Gasteiger partial charge in [0.2, 0.25) is 41.4 Å². The molecule has 0 aromatic rings. The van der Waals surface area contributed by atoms with Crippen LogP contribution in [0.25, 0.3) is 0 Å². The van der Waals surface area contributed by atoms with E-state index in [2.05, 4.69) is 37.2 Å². The van der Waals surface area contributed by atoms with Crippen molar-refractivity contribution in [3.63, 3.8) is 0 Å². The smallest absolute Gasteiger partial charge is 0.303 e. The van der Waals surface area contributed by atoms with Crippen molar-refractivity contribution < 1.29 is 181 Å². The number of esters is 7. The van der Waals surface area contributed by atoms with Gasteiger partial charge < -0.3 is 147 Å². The van der Waals surface area contributed by atoms with E-state index in [4.69, 9.17) is 109 Å². The van der Waals surface area contributed by atoms with Gasteiger partial charge in [-0.05, 0) is 12.8 Å². The van der Waals surface area contributed by atoms with Crippen LogP contribution in [0.2, 0.25) is 0 Å². The highest BCUT2D eigenvalue weighted by atomic mass is 16.7. The molecule has 45 heteroatoms. The lowest BCUT2D eigenvalue weighted by molar-refractivity contribution is -0.279. The van der Waals surface area contributed by atoms with Gasteiger partial charge in [0.25, 0.3) is 0 Å². The predicted molar refractivity (Wildman–Crippen MR) is 433 cm³/mol. The first-order valence-corrected chi connectivity index (χ1v) is 42.5. The minimum Gasteiger partial charge on any atom is -0.481 e. The summed E-state index contributed by atoms with van der Waals surface area (Å²) < 4.78 is 125. The Balaban J connectivity index is 1.61. The molecule has 3 aliphatic heterocycles. The molecule has 8 N–H and O–H groups in total. The zero-order chi connectivity index (χ0) is 92.9. The maximum absolute atomic E-state index is 14.0. The van der Waals surface area contributed by atoms with E-state index >= 15 is 0 Å². The molecule has 7 amide bonds. The Morgan fingerprint density at radius 2 is 0.635 bits per heavy atom. The molecule has 0 saturated carbocycles. The number of nitrogens with one attached hydrogen (secondary N) is 7. The zero-order valence-corrected chi connectivity index (χ0v) is 74.3. The summed E-state index contributed by atoms with van der Waals surface area (Å²) in [5, 5.41) is 28.3. The van der Waals surface area contributed by atoms with Gasteiger partial charge in [0.05, 0.1) is 151 Å². The van der Waals surface area contributed by atoms with Gasteiger partial charge in [-0.15, -0.1) is 0 Å². The van der Waals surface area contributed by atoms with E-state index < -0.39 is 175 Å². The Bertz CT molecular complexity index is 3140. The maximum atomic E-state index is 14.0. The number of amides is 7. The third kappa shape index (κ3) is 53.9. The van der Waals surface area contributed by atoms with Crippen molar-refractivity contribution in [1.82, 2.24) is 37.2 Å². The number of hydrogen-bond acceptors (Lipinski definition) is 37. The number of ether oxygens (including phenoxy) is 22. The number of rotatable bonds is 70. The first kappa shape index (κ1) is 112. The lowest BCUT2D eigenvalue weighted by atomic mass is 9.96. The van der Waals surface area contributed by atoms with Gasteiger partial charge in [-0.3, -0.25) is 71.9 Å². The Morgan fingerprint density at radius 1 is 0.317 bits per heavy atom. The second kappa shape index (κ2) is 66.8. The number of carboxylic acid groups (broad SMARTS) is 1. The van der Waals surface area contributed by atoms with Gasteiger partial charge in [0.1, 0.15) is 61.8 Å². The summed E-state index contributed by atoms with van der Waals surface area (Å²) in [6.07, 6.45) is -4.06. The van der Waals surface area contributed by atoms with Gasteiger partial charge in [-0.25, -0.2) is 0 Å². The van der Waals surface area contributed by atoms with Gasteiger partial charge >= 0.3 is 47.8 Å². The molecule has 0 aromatic carbocycles. The van der Waals surface area contributed by atoms with Gasteiger partial charge in [0.15, 0.2) is 31.1 Å². The fraction of sp³-hybridized carbons (Fsp3) is 0.815. The third-order valence-corrected chi connectivity index (χ3v) is 18.3. The minimum atomic E-state index is -1.44. The fourth-order valence-electron chi connectivity index (χ4n) is 12.8. The van der Waals surface area contributed by atoms with E-state index in [0.717, 1.165) is 59.3 Å². The van der Waals surface area contributed by atoms with Gasteiger partial charge in [-0.1, -0.05) is 38.5 Å². The first-order chi connectivity index (χ1) is 60.2. The highest BCUT2D eigenvalue weighted by Crippen LogP contribution is 2.30. The summed E-state index contributed by atoms with van der Waals surface area (Å²) in [6, 6.07) is -2.91. The van der Waals surface area contributed by atoms with Crippen LogP contribution >= 0.6 is 0 Å². The third-order valence-electron chi connectivity index (χ3n) is 18.3. The molecule has 0 bridgehead atoms. The number of carbonyl (C=O) groups excluding carboxylic acids is 14. The second-order valence-corrected chi connectivity index (χ2v) is 29.6. The van der Waals surface area contributed by atoms with Crippen molar-refractivity contribution in [3.8, 4) is 0 Å². The monoisotopic (exact) mass is 1810 g/mol. The Morgan fingerprint density at radius 3 is 0.984 bits per heavy atom. The first-order valence-electron chi connectivity index (χ1n) is 42.5. The van der Waals surface area contributed by atoms with E-state index in [1.165, 1.54) is 48.5 Å². The molecule has 722 valence electrons. The molecular weight excluding hydrogens is 1680 g/mol. The molecular formula is C81H135N7O38. The molecule has 3 aliphatic rings. The van der Waals surface area contributed by atoms with Crippen LogP contribution in [0.3, 0.4) is 0 Å². The molecule has 45 nitrogen and oxygen atoms in total. The largest absolute Gasteiger partial charge is 0.481 e. The maximum Gasteiger partial charge on any atom is 0.303 e. The van der Waals surface area contributed by atoms with E-state index in [9.17, 15) is 71.9 Å². The van der Waals surface area contributed by atoms with Crippen molar-refractivity contribution in [2.24, 2.45) is 0 Å². The molecule has 13 atom stereocenters. The van der Waals surface area contributed by atoms with Crippen molar-refractivity contribution in [2.75, 3.05) is 178 Å². The van der Waals surface area contributed by atoms with Crippen LogP contribution in [-0.4, -0.2) is 358 Å². The van der Waals surface area contributed by atoms with Crippen molar-refractivity contribution >= 4 is 89.1 Å². The molecule has 0 aliphatic carbocycles. The topological polar surface area (TPSA) is 564 Å². The van der Waals surface area contributed by atoms with Crippen LogP contribution in [0.15, 0.2) is 0 Å². The molecule has 126 heavy (non-hydrogen) atoms. The average molecular weight is 1810 g/mol. The van der Waals surface area contributed by atoms with Crippen LogP contribution in [0.4, 0.5) is 0 Å². The molecule has 0 spiro atoms. The Kier molecular flexibility index (Phi) is 59.2. The summed E-state index contributed by atoms with van der Waals surface area (Å²) in [6.45, 7) is 11.6. The standard InChI is InChI=1S/C81H135N7O38/c1-53(89)85-73-65(120-59(7)95)45-63(47-117-56(4)92)124-78(73)114-42-39-108-36-33-105-30-24-82-68(99)21-27-111-50-81(88-71(102)19-17-15-13-11-12-14-16-18-20-72(103)104,51-112-28-22-69(100)83-25-31-106-34-37-109-40-43-115-79-74(86-54(2)90)66(121-60(8)96)46-64(125-79)48-118-57(5)93)52-113-29-23-70(101)84-26-32-107-35-38-110-41-44-116-80-75(87-55(3)91)77(123-62(10)98)76(122-61(9)97)67(126-80)49-119-58(6)94/h63-67,73-80H,11-52H2,1-10H3,(H,82,99)(H,83,100)(H,84,101)(H,85,89)(H,86,90)(H,87,91)(H,88,102)(H,103,104). The number of unbranched alkanes of at least 4 members (excludes halogenated alkanes) is 7. The molecule has 0 radical (unpaired) electrons. The summed E-state index contributed by atoms with van der Waals surface area (Å²) in [5.74, 6) is -8.25. The molecule has 13 unspecified atom stereocenters. The summed E-state index contributed by atoms with van der Waals surface area (Å²) in [7, 11) is 0. The normalized spacial score (nSPS) is 21.3. The molecule has 3 saturated heterocycles. The Hall–Kier alpha value is -8.55.